The molecule has 0 saturated carbocycles. The Morgan fingerprint density at radius 3 is 2.00 bits per heavy atom. The molecule has 2 aromatic carbocycles. The Kier molecular flexibility index (Phi) is 4.44. The largest absolute Gasteiger partial charge is 0.457 e. The predicted octanol–water partition coefficient (Wildman–Crippen LogP) is 5.05. The van der Waals surface area contributed by atoms with Crippen LogP contribution in [0.1, 0.15) is 5.56 Å². The molecule has 2 N–H and O–H groups in total. The summed E-state index contributed by atoms with van der Waals surface area (Å²) in [4.78, 5) is 0. The maximum Gasteiger partial charge on any atom is 0.373 e. The second-order valence-electron chi connectivity index (χ2n) is 4.67. The van der Waals surface area contributed by atoms with Gasteiger partial charge in [-0.15, -0.1) is 0 Å². The molecule has 2 rings (SSSR count). The lowest BCUT2D eigenvalue weighted by atomic mass is 10.0. The summed E-state index contributed by atoms with van der Waals surface area (Å²) < 4.78 is 83.9. The third-order valence-corrected chi connectivity index (χ3v) is 3.03. The van der Waals surface area contributed by atoms with Crippen molar-refractivity contribution in [1.82, 2.24) is 0 Å². The van der Waals surface area contributed by atoms with E-state index in [1.165, 1.54) is 30.3 Å². The average molecular weight is 335 g/mol. The van der Waals surface area contributed by atoms with Gasteiger partial charge in [0.15, 0.2) is 0 Å². The van der Waals surface area contributed by atoms with Gasteiger partial charge in [-0.3, -0.25) is 0 Å². The van der Waals surface area contributed by atoms with Crippen molar-refractivity contribution in [3.05, 3.63) is 54.1 Å². The summed E-state index contributed by atoms with van der Waals surface area (Å²) in [6.45, 7) is 0. The molecule has 0 aliphatic heterocycles. The summed E-state index contributed by atoms with van der Waals surface area (Å²) in [6.07, 6.45) is -4.53. The van der Waals surface area contributed by atoms with E-state index in [0.29, 0.717) is 11.8 Å². The summed E-state index contributed by atoms with van der Waals surface area (Å²) in [7, 11) is 0. The Bertz CT molecular complexity index is 672. The van der Waals surface area contributed by atoms with E-state index in [0.717, 1.165) is 12.1 Å². The third kappa shape index (κ3) is 3.20. The van der Waals surface area contributed by atoms with Crippen LogP contribution in [0, 0.1) is 0 Å². The van der Waals surface area contributed by atoms with Crippen molar-refractivity contribution < 1.29 is 31.1 Å². The summed E-state index contributed by atoms with van der Waals surface area (Å²) in [5.41, 5.74) is 4.50. The minimum Gasteiger partial charge on any atom is -0.457 e. The monoisotopic (exact) mass is 335 g/mol. The molecule has 0 unspecified atom stereocenters. The Morgan fingerprint density at radius 1 is 0.870 bits per heavy atom. The van der Waals surface area contributed by atoms with Gasteiger partial charge in [0.25, 0.3) is 0 Å². The zero-order chi connectivity index (χ0) is 17.3. The zero-order valence-corrected chi connectivity index (χ0v) is 11.4. The van der Waals surface area contributed by atoms with Gasteiger partial charge in [0.05, 0.1) is 5.56 Å². The van der Waals surface area contributed by atoms with Crippen molar-refractivity contribution in [3.8, 4) is 11.5 Å². The van der Waals surface area contributed by atoms with Gasteiger partial charge >= 0.3 is 18.3 Å². The molecule has 8 heteroatoms. The highest BCUT2D eigenvalue weighted by Gasteiger charge is 2.64. The number of para-hydroxylation sites is 1. The minimum atomic E-state index is -5.53. The van der Waals surface area contributed by atoms with E-state index in [4.69, 9.17) is 10.5 Å². The van der Waals surface area contributed by atoms with Gasteiger partial charge in [0.1, 0.15) is 11.5 Å². The van der Waals surface area contributed by atoms with Crippen LogP contribution in [0.3, 0.4) is 0 Å². The number of nitrogens with two attached hydrogens (primary N) is 1. The molecule has 0 heterocycles. The van der Waals surface area contributed by atoms with Crippen LogP contribution in [-0.4, -0.2) is 12.3 Å². The van der Waals surface area contributed by atoms with Crippen LogP contribution in [0.2, 0.25) is 0 Å². The Morgan fingerprint density at radius 2 is 1.43 bits per heavy atom. The van der Waals surface area contributed by atoms with Gasteiger partial charge in [-0.25, -0.2) is 8.78 Å². The molecule has 0 aliphatic carbocycles. The van der Waals surface area contributed by atoms with Gasteiger partial charge in [0.2, 0.25) is 0 Å². The van der Waals surface area contributed by atoms with E-state index < -0.39 is 29.6 Å². The number of alkyl halides is 6. The van der Waals surface area contributed by atoms with E-state index in [-0.39, 0.29) is 5.75 Å². The van der Waals surface area contributed by atoms with Gasteiger partial charge in [-0.2, -0.15) is 17.6 Å². The lowest BCUT2D eigenvalue weighted by Gasteiger charge is -2.27. The van der Waals surface area contributed by atoms with Crippen molar-refractivity contribution in [2.75, 3.05) is 5.73 Å². The number of hydrogen-bond acceptors (Lipinski definition) is 2. The maximum absolute atomic E-state index is 13.9. The highest BCUT2D eigenvalue weighted by Crippen LogP contribution is 2.49. The highest BCUT2D eigenvalue weighted by molar-refractivity contribution is 5.45. The van der Waals surface area contributed by atoms with E-state index in [1.54, 1.807) is 0 Å². The summed E-state index contributed by atoms with van der Waals surface area (Å²) in [5, 5.41) is 0. The number of anilines is 1. The number of hydrogen-bond donors (Lipinski definition) is 1. The van der Waals surface area contributed by atoms with Crippen LogP contribution < -0.4 is 10.5 Å². The average Bonchev–Trinajstić information content (AvgIpc) is 2.49. The van der Waals surface area contributed by atoms with E-state index in [2.05, 4.69) is 0 Å². The fourth-order valence-corrected chi connectivity index (χ4v) is 1.79. The summed E-state index contributed by atoms with van der Waals surface area (Å²) in [6, 6.07) is 9.36. The maximum atomic E-state index is 13.9. The van der Waals surface area contributed by atoms with E-state index >= 15 is 0 Å². The Hall–Kier alpha value is -2.38. The van der Waals surface area contributed by atoms with Crippen LogP contribution in [0.4, 0.5) is 32.0 Å². The summed E-state index contributed by atoms with van der Waals surface area (Å²) >= 11 is 0. The van der Waals surface area contributed by atoms with Gasteiger partial charge < -0.3 is 10.5 Å². The van der Waals surface area contributed by atoms with Gasteiger partial charge in [-0.1, -0.05) is 12.1 Å². The first-order chi connectivity index (χ1) is 10.7. The molecule has 2 aromatic rings. The van der Waals surface area contributed by atoms with E-state index in [1.807, 2.05) is 0 Å². The van der Waals surface area contributed by atoms with Crippen molar-refractivity contribution in [1.29, 1.82) is 0 Å². The van der Waals surface area contributed by atoms with Crippen molar-refractivity contribution in [2.45, 2.75) is 18.3 Å². The molecule has 0 aromatic heterocycles. The number of ether oxygens (including phenoxy) is 1. The molecule has 0 amide bonds. The third-order valence-electron chi connectivity index (χ3n) is 3.03. The molecule has 0 atom stereocenters. The van der Waals surface area contributed by atoms with Crippen LogP contribution in [0.15, 0.2) is 48.5 Å². The van der Waals surface area contributed by atoms with Crippen molar-refractivity contribution in [3.63, 3.8) is 0 Å². The fraction of sp³-hybridized carbons (Fsp3) is 0.200. The van der Waals surface area contributed by atoms with Crippen LogP contribution in [0.5, 0.6) is 11.5 Å². The summed E-state index contributed by atoms with van der Waals surface area (Å²) in [5.74, 6) is -11.2. The lowest BCUT2D eigenvalue weighted by molar-refractivity contribution is -0.270. The molecule has 0 aliphatic rings. The SMILES string of the molecule is Nc1ccc(Oc2ccccc2C(F)(F)C(F)(F)C(F)F)cc1. The number of benzene rings is 2. The normalized spacial score (nSPS) is 12.5. The highest BCUT2D eigenvalue weighted by atomic mass is 19.3. The van der Waals surface area contributed by atoms with Crippen molar-refractivity contribution >= 4 is 5.69 Å². The second kappa shape index (κ2) is 6.02. The molecule has 23 heavy (non-hydrogen) atoms. The first-order valence-corrected chi connectivity index (χ1v) is 6.33. The molecule has 0 bridgehead atoms. The Balaban J connectivity index is 2.43. The zero-order valence-electron chi connectivity index (χ0n) is 11.4. The molecule has 0 fully saturated rings. The number of rotatable bonds is 5. The predicted molar refractivity (Wildman–Crippen MR) is 72.2 cm³/mol. The fourth-order valence-electron chi connectivity index (χ4n) is 1.79. The number of halogens is 6. The van der Waals surface area contributed by atoms with Crippen LogP contribution >= 0.6 is 0 Å². The minimum absolute atomic E-state index is 0.0443. The van der Waals surface area contributed by atoms with Crippen LogP contribution in [-0.2, 0) is 5.92 Å². The number of nitrogen functional groups attached to an aromatic ring is 1. The standard InChI is InChI=1S/C15H11F6NO/c16-13(17)15(20,21)14(18,19)11-3-1-2-4-12(11)23-10-7-5-9(22)6-8-10/h1-8,13H,22H2. The Labute approximate surface area is 127 Å². The molecular formula is C15H11F6NO. The quantitative estimate of drug-likeness (QED) is 0.613. The van der Waals surface area contributed by atoms with Gasteiger partial charge in [-0.05, 0) is 36.4 Å². The molecule has 0 radical (unpaired) electrons. The smallest absolute Gasteiger partial charge is 0.373 e. The molecule has 0 spiro atoms. The van der Waals surface area contributed by atoms with Gasteiger partial charge in [0, 0.05) is 5.69 Å². The molecule has 0 saturated heterocycles. The molecule has 2 nitrogen and oxygen atoms in total. The van der Waals surface area contributed by atoms with Crippen molar-refractivity contribution in [2.24, 2.45) is 0 Å². The van der Waals surface area contributed by atoms with E-state index in [9.17, 15) is 26.3 Å². The first-order valence-electron chi connectivity index (χ1n) is 6.33. The second-order valence-corrected chi connectivity index (χ2v) is 4.67. The topological polar surface area (TPSA) is 35.2 Å². The first kappa shape index (κ1) is 17.0. The lowest BCUT2D eigenvalue weighted by Crippen LogP contribution is -2.44. The molecule has 124 valence electrons. The van der Waals surface area contributed by atoms with Crippen LogP contribution in [0.25, 0.3) is 0 Å². The molecular weight excluding hydrogens is 324 g/mol.